The fourth-order valence-corrected chi connectivity index (χ4v) is 4.25. The van der Waals surface area contributed by atoms with E-state index in [2.05, 4.69) is 0 Å². The second-order valence-electron chi connectivity index (χ2n) is 5.78. The van der Waals surface area contributed by atoms with Crippen LogP contribution in [0.5, 0.6) is 5.75 Å². The van der Waals surface area contributed by atoms with Gasteiger partial charge in [-0.15, -0.1) is 0 Å². The number of aromatic hydroxyl groups is 1. The van der Waals surface area contributed by atoms with Crippen LogP contribution in [0.2, 0.25) is 5.02 Å². The van der Waals surface area contributed by atoms with Crippen molar-refractivity contribution in [2.45, 2.75) is 25.7 Å². The fourth-order valence-electron chi connectivity index (χ4n) is 4.02. The number of hydrogen-bond donors (Lipinski definition) is 1. The largest absolute Gasteiger partial charge is 0.506 e. The first-order valence-corrected chi connectivity index (χ1v) is 6.75. The van der Waals surface area contributed by atoms with E-state index >= 15 is 0 Å². The van der Waals surface area contributed by atoms with Crippen LogP contribution >= 0.6 is 11.6 Å². The number of carbonyl (C=O) groups is 1. The molecular formula is C15H13ClO2. The average Bonchev–Trinajstić information content (AvgIpc) is 2.87. The molecule has 0 aliphatic heterocycles. The number of carbonyl (C=O) groups excluding carboxylic acids is 1. The van der Waals surface area contributed by atoms with Gasteiger partial charge in [0.2, 0.25) is 0 Å². The Morgan fingerprint density at radius 2 is 2.22 bits per heavy atom. The molecule has 0 aromatic heterocycles. The quantitative estimate of drug-likeness (QED) is 0.777. The molecule has 1 aromatic carbocycles. The Morgan fingerprint density at radius 3 is 3.06 bits per heavy atom. The van der Waals surface area contributed by atoms with Crippen LogP contribution in [-0.4, -0.2) is 10.9 Å². The van der Waals surface area contributed by atoms with Gasteiger partial charge in [-0.05, 0) is 54.5 Å². The Balaban J connectivity index is 1.98. The molecule has 2 nitrogen and oxygen atoms in total. The Labute approximate surface area is 110 Å². The van der Waals surface area contributed by atoms with Crippen molar-refractivity contribution >= 4 is 23.0 Å². The third-order valence-corrected chi connectivity index (χ3v) is 5.32. The van der Waals surface area contributed by atoms with Gasteiger partial charge >= 0.3 is 0 Å². The summed E-state index contributed by atoms with van der Waals surface area (Å²) in [6, 6.07) is 3.54. The summed E-state index contributed by atoms with van der Waals surface area (Å²) >= 11 is 6.21. The van der Waals surface area contributed by atoms with Crippen LogP contribution < -0.4 is 0 Å². The molecule has 2 atom stereocenters. The van der Waals surface area contributed by atoms with Crippen LogP contribution in [-0.2, 0) is 11.2 Å². The minimum atomic E-state index is 0.123. The van der Waals surface area contributed by atoms with Crippen molar-refractivity contribution in [1.29, 1.82) is 0 Å². The van der Waals surface area contributed by atoms with E-state index in [-0.39, 0.29) is 22.9 Å². The molecule has 1 fully saturated rings. The normalized spacial score (nSPS) is 32.2. The maximum atomic E-state index is 12.0. The summed E-state index contributed by atoms with van der Waals surface area (Å²) in [5.74, 6) is 0.637. The Hall–Kier alpha value is -1.28. The second kappa shape index (κ2) is 3.18. The molecule has 0 amide bonds. The summed E-state index contributed by atoms with van der Waals surface area (Å²) < 4.78 is 0. The maximum Gasteiger partial charge on any atom is 0.159 e. The highest BCUT2D eigenvalue weighted by molar-refractivity contribution is 6.33. The van der Waals surface area contributed by atoms with E-state index in [1.54, 1.807) is 6.07 Å². The maximum absolute atomic E-state index is 12.0. The zero-order valence-corrected chi connectivity index (χ0v) is 10.6. The zero-order chi connectivity index (χ0) is 12.5. The molecular weight excluding hydrogens is 248 g/mol. The number of phenolic OH excluding ortho intramolecular Hbond substituents is 1. The topological polar surface area (TPSA) is 37.3 Å². The zero-order valence-electron chi connectivity index (χ0n) is 9.87. The molecule has 92 valence electrons. The van der Waals surface area contributed by atoms with Gasteiger partial charge in [0.25, 0.3) is 0 Å². The van der Waals surface area contributed by atoms with Gasteiger partial charge in [-0.1, -0.05) is 17.7 Å². The third kappa shape index (κ3) is 1.12. The van der Waals surface area contributed by atoms with E-state index in [0.29, 0.717) is 5.02 Å². The predicted molar refractivity (Wildman–Crippen MR) is 69.6 cm³/mol. The van der Waals surface area contributed by atoms with Crippen molar-refractivity contribution in [2.24, 2.45) is 11.3 Å². The monoisotopic (exact) mass is 260 g/mol. The Morgan fingerprint density at radius 1 is 1.39 bits per heavy atom. The van der Waals surface area contributed by atoms with Gasteiger partial charge in [0.15, 0.2) is 5.78 Å². The van der Waals surface area contributed by atoms with Crippen LogP contribution in [0, 0.1) is 11.3 Å². The molecule has 1 spiro atoms. The van der Waals surface area contributed by atoms with Gasteiger partial charge < -0.3 is 5.11 Å². The van der Waals surface area contributed by atoms with Crippen molar-refractivity contribution < 1.29 is 9.90 Å². The summed E-state index contributed by atoms with van der Waals surface area (Å²) in [4.78, 5) is 12.0. The molecule has 0 saturated heterocycles. The average molecular weight is 261 g/mol. The minimum Gasteiger partial charge on any atom is -0.506 e. The first-order chi connectivity index (χ1) is 8.61. The number of fused-ring (bicyclic) bond motifs is 3. The van der Waals surface area contributed by atoms with Gasteiger partial charge in [0.05, 0.1) is 5.02 Å². The summed E-state index contributed by atoms with van der Waals surface area (Å²) in [5.41, 5.74) is 3.39. The minimum absolute atomic E-state index is 0.123. The molecule has 2 bridgehead atoms. The standard InChI is InChI=1S/C15H13ClO2/c16-14-10-7-15-4-3-8(6-15)13(18)5-11(15)9(10)1-2-12(14)17/h1-2,5,8,17H,3-4,6-7H2/t8-,15+/m0/s1. The summed E-state index contributed by atoms with van der Waals surface area (Å²) in [6.45, 7) is 0. The van der Waals surface area contributed by atoms with Crippen molar-refractivity contribution in [1.82, 2.24) is 0 Å². The summed E-state index contributed by atoms with van der Waals surface area (Å²) in [6.07, 6.45) is 5.74. The van der Waals surface area contributed by atoms with E-state index in [0.717, 1.165) is 42.4 Å². The molecule has 1 saturated carbocycles. The smallest absolute Gasteiger partial charge is 0.159 e. The van der Waals surface area contributed by atoms with Crippen molar-refractivity contribution in [3.8, 4) is 5.75 Å². The van der Waals surface area contributed by atoms with E-state index in [1.807, 2.05) is 12.1 Å². The van der Waals surface area contributed by atoms with Crippen LogP contribution in [0.15, 0.2) is 18.2 Å². The van der Waals surface area contributed by atoms with Gasteiger partial charge in [-0.3, -0.25) is 4.79 Å². The lowest BCUT2D eigenvalue weighted by atomic mass is 9.74. The van der Waals surface area contributed by atoms with Crippen molar-refractivity contribution in [2.75, 3.05) is 0 Å². The SMILES string of the molecule is O=C1C=C2c3ccc(O)c(Cl)c3C[C@]23CC[C@H]1C3. The molecule has 0 heterocycles. The van der Waals surface area contributed by atoms with E-state index in [9.17, 15) is 9.90 Å². The van der Waals surface area contributed by atoms with Crippen LogP contribution in [0.1, 0.15) is 30.4 Å². The van der Waals surface area contributed by atoms with Gasteiger partial charge in [0, 0.05) is 11.3 Å². The molecule has 4 rings (SSSR count). The summed E-state index contributed by atoms with van der Waals surface area (Å²) in [7, 11) is 0. The lowest BCUT2D eigenvalue weighted by Gasteiger charge is -2.28. The first kappa shape index (κ1) is 10.6. The first-order valence-electron chi connectivity index (χ1n) is 6.37. The highest BCUT2D eigenvalue weighted by atomic mass is 35.5. The van der Waals surface area contributed by atoms with Gasteiger partial charge in [0.1, 0.15) is 5.75 Å². The third-order valence-electron chi connectivity index (χ3n) is 4.90. The molecule has 0 unspecified atom stereocenters. The highest BCUT2D eigenvalue weighted by Crippen LogP contribution is 2.61. The van der Waals surface area contributed by atoms with E-state index < -0.39 is 0 Å². The number of benzene rings is 1. The van der Waals surface area contributed by atoms with E-state index in [4.69, 9.17) is 11.6 Å². The summed E-state index contributed by atoms with van der Waals surface area (Å²) in [5, 5.41) is 10.2. The molecule has 1 N–H and O–H groups in total. The molecule has 1 aromatic rings. The Kier molecular flexibility index (Phi) is 1.88. The van der Waals surface area contributed by atoms with E-state index in [1.165, 1.54) is 0 Å². The number of rotatable bonds is 0. The predicted octanol–water partition coefficient (Wildman–Crippen LogP) is 3.35. The molecule has 18 heavy (non-hydrogen) atoms. The van der Waals surface area contributed by atoms with Crippen molar-refractivity contribution in [3.63, 3.8) is 0 Å². The fraction of sp³-hybridized carbons (Fsp3) is 0.400. The Bertz CT molecular complexity index is 617. The molecule has 0 radical (unpaired) electrons. The van der Waals surface area contributed by atoms with Crippen LogP contribution in [0.3, 0.4) is 0 Å². The number of allylic oxidation sites excluding steroid dienone is 2. The highest BCUT2D eigenvalue weighted by Gasteiger charge is 2.52. The van der Waals surface area contributed by atoms with Crippen LogP contribution in [0.25, 0.3) is 5.57 Å². The van der Waals surface area contributed by atoms with Gasteiger partial charge in [-0.25, -0.2) is 0 Å². The molecule has 3 aliphatic rings. The number of phenols is 1. The van der Waals surface area contributed by atoms with Gasteiger partial charge in [-0.2, -0.15) is 0 Å². The molecule has 3 heteroatoms. The van der Waals surface area contributed by atoms with Crippen LogP contribution in [0.4, 0.5) is 0 Å². The number of ketones is 1. The van der Waals surface area contributed by atoms with Crippen molar-refractivity contribution in [3.05, 3.63) is 34.4 Å². The second-order valence-corrected chi connectivity index (χ2v) is 6.16. The lowest BCUT2D eigenvalue weighted by Crippen LogP contribution is -2.23. The number of halogens is 1. The molecule has 3 aliphatic carbocycles. The lowest BCUT2D eigenvalue weighted by molar-refractivity contribution is -0.118. The number of hydrogen-bond acceptors (Lipinski definition) is 2.